The highest BCUT2D eigenvalue weighted by Crippen LogP contribution is 2.49. The first-order valence-corrected chi connectivity index (χ1v) is 6.48. The second-order valence-electron chi connectivity index (χ2n) is 2.16. The molecule has 0 unspecified atom stereocenters. The molecule has 0 fully saturated rings. The second kappa shape index (κ2) is 7.16. The highest BCUT2D eigenvalue weighted by Gasteiger charge is 2.22. The Morgan fingerprint density at radius 2 is 1.75 bits per heavy atom. The number of alkyl halides is 2. The Morgan fingerprint density at radius 3 is 2.08 bits per heavy atom. The lowest BCUT2D eigenvalue weighted by molar-refractivity contribution is 0.255. The van der Waals surface area contributed by atoms with Gasteiger partial charge >= 0.3 is 7.60 Å². The smallest absolute Gasteiger partial charge is 0.292 e. The first-order chi connectivity index (χ1) is 5.68. The molecule has 0 radical (unpaired) electrons. The Balaban J connectivity index is 3.90. The lowest BCUT2D eigenvalue weighted by Gasteiger charge is -2.14. The van der Waals surface area contributed by atoms with Gasteiger partial charge in [-0.15, -0.1) is 0 Å². The van der Waals surface area contributed by atoms with Gasteiger partial charge in [0.05, 0.1) is 6.16 Å². The molecule has 74 valence electrons. The number of hydrogen-bond acceptors (Lipinski definition) is 3. The van der Waals surface area contributed by atoms with Gasteiger partial charge in [-0.2, -0.15) is 0 Å². The van der Waals surface area contributed by atoms with Crippen molar-refractivity contribution < 1.29 is 13.6 Å². The van der Waals surface area contributed by atoms with Gasteiger partial charge in [-0.05, 0) is 6.42 Å². The molecule has 0 amide bonds. The van der Waals surface area contributed by atoms with Crippen molar-refractivity contribution in [2.75, 3.05) is 18.3 Å². The molecule has 0 saturated carbocycles. The van der Waals surface area contributed by atoms with E-state index in [0.29, 0.717) is 6.16 Å². The monoisotopic (exact) mass is 234 g/mol. The molecular formula is C6H13Cl2O3P. The van der Waals surface area contributed by atoms with Crippen LogP contribution in [0.15, 0.2) is 0 Å². The molecule has 6 heteroatoms. The fraction of sp³-hybridized carbons (Fsp3) is 1.00. The van der Waals surface area contributed by atoms with Crippen molar-refractivity contribution in [2.24, 2.45) is 0 Å². The van der Waals surface area contributed by atoms with E-state index in [9.17, 15) is 4.57 Å². The first kappa shape index (κ1) is 12.7. The SMILES string of the molecule is CCCCP(=O)(OCCl)OCCl. The van der Waals surface area contributed by atoms with Crippen LogP contribution in [0, 0.1) is 0 Å². The van der Waals surface area contributed by atoms with Gasteiger partial charge in [-0.3, -0.25) is 13.6 Å². The average molecular weight is 235 g/mol. The number of halogens is 2. The van der Waals surface area contributed by atoms with Gasteiger partial charge in [-0.1, -0.05) is 36.5 Å². The molecule has 0 spiro atoms. The van der Waals surface area contributed by atoms with Crippen LogP contribution >= 0.6 is 30.8 Å². The van der Waals surface area contributed by atoms with Crippen LogP contribution in [0.5, 0.6) is 0 Å². The molecule has 0 aliphatic carbocycles. The van der Waals surface area contributed by atoms with Crippen molar-refractivity contribution in [2.45, 2.75) is 19.8 Å². The molecule has 0 aliphatic rings. The third-order valence-electron chi connectivity index (χ3n) is 1.28. The summed E-state index contributed by atoms with van der Waals surface area (Å²) in [6.45, 7) is 1.99. The fourth-order valence-corrected chi connectivity index (χ4v) is 2.89. The first-order valence-electron chi connectivity index (χ1n) is 3.68. The Labute approximate surface area is 82.9 Å². The molecule has 0 aliphatic heterocycles. The zero-order valence-electron chi connectivity index (χ0n) is 6.96. The summed E-state index contributed by atoms with van der Waals surface area (Å²) >= 11 is 10.6. The van der Waals surface area contributed by atoms with Gasteiger partial charge in [0.1, 0.15) is 12.1 Å². The molecule has 0 bridgehead atoms. The van der Waals surface area contributed by atoms with Crippen LogP contribution in [0.25, 0.3) is 0 Å². The maximum atomic E-state index is 11.6. The van der Waals surface area contributed by atoms with Gasteiger partial charge in [0, 0.05) is 0 Å². The van der Waals surface area contributed by atoms with Gasteiger partial charge < -0.3 is 0 Å². The Kier molecular flexibility index (Phi) is 7.60. The summed E-state index contributed by atoms with van der Waals surface area (Å²) in [7, 11) is -3.00. The van der Waals surface area contributed by atoms with Gasteiger partial charge in [0.2, 0.25) is 0 Å². The van der Waals surface area contributed by atoms with Crippen molar-refractivity contribution in [3.8, 4) is 0 Å². The van der Waals surface area contributed by atoms with E-state index in [2.05, 4.69) is 0 Å². The summed E-state index contributed by atoms with van der Waals surface area (Å²) in [5, 5.41) is 0. The number of unbranched alkanes of at least 4 members (excludes halogenated alkanes) is 1. The van der Waals surface area contributed by atoms with Crippen LogP contribution in [-0.2, 0) is 13.6 Å². The molecule has 0 atom stereocenters. The zero-order chi connectivity index (χ0) is 9.45. The summed E-state index contributed by atoms with van der Waals surface area (Å²) in [5.41, 5.74) is 0. The zero-order valence-corrected chi connectivity index (χ0v) is 9.37. The third-order valence-corrected chi connectivity index (χ3v) is 3.71. The Bertz CT molecular complexity index is 144. The lowest BCUT2D eigenvalue weighted by atomic mass is 10.4. The summed E-state index contributed by atoms with van der Waals surface area (Å²) in [4.78, 5) is 0. The molecule has 0 N–H and O–H groups in total. The van der Waals surface area contributed by atoms with E-state index in [4.69, 9.17) is 32.2 Å². The van der Waals surface area contributed by atoms with Crippen LogP contribution in [0.4, 0.5) is 0 Å². The predicted molar refractivity (Wildman–Crippen MR) is 51.0 cm³/mol. The molecule has 0 aromatic carbocycles. The minimum atomic E-state index is -3.00. The summed E-state index contributed by atoms with van der Waals surface area (Å²) in [5.74, 6) is 0. The van der Waals surface area contributed by atoms with Crippen LogP contribution in [0.2, 0.25) is 0 Å². The Hall–Kier alpha value is 0.730. The molecule has 3 nitrogen and oxygen atoms in total. The second-order valence-corrected chi connectivity index (χ2v) is 4.79. The van der Waals surface area contributed by atoms with Gasteiger partial charge in [0.15, 0.2) is 0 Å². The van der Waals surface area contributed by atoms with E-state index in [1.807, 2.05) is 6.92 Å². The highest BCUT2D eigenvalue weighted by molar-refractivity contribution is 7.53. The standard InChI is InChI=1S/C6H13Cl2O3P/c1-2-3-4-12(9,10-5-7)11-6-8/h2-6H2,1H3. The van der Waals surface area contributed by atoms with Crippen LogP contribution in [0.3, 0.4) is 0 Å². The van der Waals surface area contributed by atoms with Crippen molar-refractivity contribution >= 4 is 30.8 Å². The largest absolute Gasteiger partial charge is 0.332 e. The Morgan fingerprint density at radius 1 is 1.25 bits per heavy atom. The van der Waals surface area contributed by atoms with Crippen molar-refractivity contribution in [3.63, 3.8) is 0 Å². The van der Waals surface area contributed by atoms with Crippen LogP contribution < -0.4 is 0 Å². The van der Waals surface area contributed by atoms with Crippen LogP contribution in [0.1, 0.15) is 19.8 Å². The van der Waals surface area contributed by atoms with Crippen molar-refractivity contribution in [1.29, 1.82) is 0 Å². The van der Waals surface area contributed by atoms with E-state index in [1.54, 1.807) is 0 Å². The lowest BCUT2D eigenvalue weighted by Crippen LogP contribution is -1.98. The number of rotatable bonds is 7. The molecular weight excluding hydrogens is 222 g/mol. The van der Waals surface area contributed by atoms with Crippen molar-refractivity contribution in [1.82, 2.24) is 0 Å². The molecule has 0 saturated heterocycles. The minimum absolute atomic E-state index is 0.127. The third kappa shape index (κ3) is 5.39. The quantitative estimate of drug-likeness (QED) is 0.501. The molecule has 12 heavy (non-hydrogen) atoms. The maximum absolute atomic E-state index is 11.6. The summed E-state index contributed by atoms with van der Waals surface area (Å²) < 4.78 is 21.1. The highest BCUT2D eigenvalue weighted by atomic mass is 35.5. The summed E-state index contributed by atoms with van der Waals surface area (Å²) in [6.07, 6.45) is 2.09. The van der Waals surface area contributed by atoms with E-state index in [-0.39, 0.29) is 12.1 Å². The van der Waals surface area contributed by atoms with Gasteiger partial charge in [0.25, 0.3) is 0 Å². The molecule has 0 rings (SSSR count). The van der Waals surface area contributed by atoms with E-state index < -0.39 is 7.60 Å². The minimum Gasteiger partial charge on any atom is -0.292 e. The molecule has 0 heterocycles. The van der Waals surface area contributed by atoms with E-state index >= 15 is 0 Å². The van der Waals surface area contributed by atoms with Crippen molar-refractivity contribution in [3.05, 3.63) is 0 Å². The van der Waals surface area contributed by atoms with E-state index in [0.717, 1.165) is 12.8 Å². The fourth-order valence-electron chi connectivity index (χ4n) is 0.667. The topological polar surface area (TPSA) is 35.5 Å². The average Bonchev–Trinajstić information content (AvgIpc) is 2.02. The summed E-state index contributed by atoms with van der Waals surface area (Å²) in [6, 6.07) is -0.254. The maximum Gasteiger partial charge on any atom is 0.332 e. The van der Waals surface area contributed by atoms with Gasteiger partial charge in [-0.25, -0.2) is 0 Å². The predicted octanol–water partition coefficient (Wildman–Crippen LogP) is 3.41. The normalized spacial score (nSPS) is 11.9. The molecule has 0 aromatic heterocycles. The van der Waals surface area contributed by atoms with Crippen LogP contribution in [-0.4, -0.2) is 18.3 Å². The molecule has 0 aromatic rings. The number of hydrogen-bond donors (Lipinski definition) is 0. The van der Waals surface area contributed by atoms with E-state index in [1.165, 1.54) is 0 Å².